The molecule has 0 aliphatic rings. The third-order valence-corrected chi connectivity index (χ3v) is 3.29. The molecule has 108 valence electrons. The number of nitrogens with one attached hydrogen (secondary N) is 1. The maximum atomic E-state index is 11.6. The van der Waals surface area contributed by atoms with E-state index in [4.69, 9.17) is 4.74 Å². The van der Waals surface area contributed by atoms with Gasteiger partial charge in [-0.15, -0.1) is 0 Å². The Morgan fingerprint density at radius 2 is 1.62 bits per heavy atom. The Hall–Kier alpha value is -2.14. The van der Waals surface area contributed by atoms with Crippen LogP contribution in [0.3, 0.4) is 0 Å². The number of carbonyl (C=O) groups excluding carboxylic acids is 2. The van der Waals surface area contributed by atoms with Crippen molar-refractivity contribution in [2.75, 3.05) is 0 Å². The Labute approximate surface area is 131 Å². The average molecular weight is 348 g/mol. The van der Waals surface area contributed by atoms with E-state index in [0.717, 1.165) is 15.6 Å². The number of halogens is 1. The monoisotopic (exact) mass is 347 g/mol. The topological polar surface area (TPSA) is 55.4 Å². The van der Waals surface area contributed by atoms with Crippen molar-refractivity contribution in [3.63, 3.8) is 0 Å². The lowest BCUT2D eigenvalue weighted by atomic mass is 10.2. The minimum absolute atomic E-state index is 0.0887. The van der Waals surface area contributed by atoms with Gasteiger partial charge >= 0.3 is 11.9 Å². The molecule has 2 rings (SSSR count). The van der Waals surface area contributed by atoms with Crippen molar-refractivity contribution in [3.8, 4) is 0 Å². The van der Waals surface area contributed by atoms with Gasteiger partial charge in [0, 0.05) is 11.0 Å². The largest absolute Gasteiger partial charge is 0.454 e. The molecule has 21 heavy (non-hydrogen) atoms. The van der Waals surface area contributed by atoms with Crippen molar-refractivity contribution in [1.82, 2.24) is 5.32 Å². The van der Waals surface area contributed by atoms with Crippen LogP contribution >= 0.6 is 15.9 Å². The summed E-state index contributed by atoms with van der Waals surface area (Å²) in [6.07, 6.45) is 0. The zero-order valence-electron chi connectivity index (χ0n) is 11.2. The minimum atomic E-state index is -0.879. The van der Waals surface area contributed by atoms with Gasteiger partial charge in [-0.25, -0.2) is 4.79 Å². The van der Waals surface area contributed by atoms with E-state index >= 15 is 0 Å². The Kier molecular flexibility index (Phi) is 5.51. The van der Waals surface area contributed by atoms with Gasteiger partial charge in [0.05, 0.1) is 0 Å². The maximum Gasteiger partial charge on any atom is 0.397 e. The fourth-order valence-electron chi connectivity index (χ4n) is 1.65. The van der Waals surface area contributed by atoms with Crippen LogP contribution in [0.25, 0.3) is 0 Å². The lowest BCUT2D eigenvalue weighted by Crippen LogP contribution is -2.31. The molecule has 4 nitrogen and oxygen atoms in total. The van der Waals surface area contributed by atoms with Gasteiger partial charge in [-0.2, -0.15) is 0 Å². The molecule has 0 spiro atoms. The van der Waals surface area contributed by atoms with E-state index in [9.17, 15) is 9.59 Å². The molecule has 2 aromatic carbocycles. The Balaban J connectivity index is 1.77. The highest BCUT2D eigenvalue weighted by Gasteiger charge is 2.14. The van der Waals surface area contributed by atoms with Crippen LogP contribution < -0.4 is 5.32 Å². The van der Waals surface area contributed by atoms with Crippen molar-refractivity contribution in [1.29, 1.82) is 0 Å². The predicted molar refractivity (Wildman–Crippen MR) is 82.2 cm³/mol. The van der Waals surface area contributed by atoms with Crippen LogP contribution in [0.2, 0.25) is 0 Å². The standard InChI is InChI=1S/C16H14BrNO3/c17-14-8-6-12(7-9-14)10-18-15(19)16(20)21-11-13-4-2-1-3-5-13/h1-9H,10-11H2,(H,18,19). The van der Waals surface area contributed by atoms with E-state index in [0.29, 0.717) is 0 Å². The third-order valence-electron chi connectivity index (χ3n) is 2.76. The van der Waals surface area contributed by atoms with Crippen molar-refractivity contribution in [2.45, 2.75) is 13.2 Å². The number of hydrogen-bond donors (Lipinski definition) is 1. The molecule has 1 amide bonds. The van der Waals surface area contributed by atoms with Crippen molar-refractivity contribution >= 4 is 27.8 Å². The molecule has 0 unspecified atom stereocenters. The Morgan fingerprint density at radius 1 is 0.952 bits per heavy atom. The highest BCUT2D eigenvalue weighted by molar-refractivity contribution is 9.10. The van der Waals surface area contributed by atoms with Crippen LogP contribution in [-0.4, -0.2) is 11.9 Å². The van der Waals surface area contributed by atoms with Crippen LogP contribution in [0.4, 0.5) is 0 Å². The number of esters is 1. The molecule has 0 aromatic heterocycles. The molecule has 0 fully saturated rings. The first-order valence-electron chi connectivity index (χ1n) is 6.38. The smallest absolute Gasteiger partial charge is 0.397 e. The number of benzene rings is 2. The lowest BCUT2D eigenvalue weighted by molar-refractivity contribution is -0.155. The van der Waals surface area contributed by atoms with E-state index in [1.807, 2.05) is 54.6 Å². The summed E-state index contributed by atoms with van der Waals surface area (Å²) in [5.41, 5.74) is 1.74. The zero-order valence-corrected chi connectivity index (χ0v) is 12.8. The van der Waals surface area contributed by atoms with Crippen LogP contribution in [0.1, 0.15) is 11.1 Å². The summed E-state index contributed by atoms with van der Waals surface area (Å²) in [5, 5.41) is 2.53. The van der Waals surface area contributed by atoms with Gasteiger partial charge in [0.25, 0.3) is 0 Å². The van der Waals surface area contributed by atoms with Gasteiger partial charge in [0.15, 0.2) is 0 Å². The van der Waals surface area contributed by atoms with Gasteiger partial charge in [-0.1, -0.05) is 58.4 Å². The van der Waals surface area contributed by atoms with E-state index < -0.39 is 11.9 Å². The number of carbonyl (C=O) groups is 2. The number of amides is 1. The van der Waals surface area contributed by atoms with Gasteiger partial charge in [0.2, 0.25) is 0 Å². The highest BCUT2D eigenvalue weighted by Crippen LogP contribution is 2.10. The van der Waals surface area contributed by atoms with Gasteiger partial charge in [-0.05, 0) is 23.3 Å². The second-order valence-corrected chi connectivity index (χ2v) is 5.29. The molecule has 1 N–H and O–H groups in total. The molecule has 0 bridgehead atoms. The quantitative estimate of drug-likeness (QED) is 0.683. The summed E-state index contributed by atoms with van der Waals surface area (Å²) in [5.74, 6) is -1.62. The summed E-state index contributed by atoms with van der Waals surface area (Å²) >= 11 is 3.33. The molecule has 0 radical (unpaired) electrons. The lowest BCUT2D eigenvalue weighted by Gasteiger charge is -2.06. The SMILES string of the molecule is O=C(NCc1ccc(Br)cc1)C(=O)OCc1ccccc1. The molecule has 2 aromatic rings. The van der Waals surface area contributed by atoms with E-state index in [2.05, 4.69) is 21.2 Å². The number of ether oxygens (including phenoxy) is 1. The Bertz CT molecular complexity index is 611. The van der Waals surface area contributed by atoms with Crippen LogP contribution in [0.15, 0.2) is 59.1 Å². The van der Waals surface area contributed by atoms with E-state index in [1.54, 1.807) is 0 Å². The fourth-order valence-corrected chi connectivity index (χ4v) is 1.91. The van der Waals surface area contributed by atoms with Crippen LogP contribution in [0, 0.1) is 0 Å². The summed E-state index contributed by atoms with van der Waals surface area (Å²) < 4.78 is 5.90. The molecule has 0 aliphatic carbocycles. The molecule has 0 saturated heterocycles. The maximum absolute atomic E-state index is 11.6. The predicted octanol–water partition coefficient (Wildman–Crippen LogP) is 2.81. The first-order chi connectivity index (χ1) is 10.1. The van der Waals surface area contributed by atoms with Crippen molar-refractivity contribution < 1.29 is 14.3 Å². The van der Waals surface area contributed by atoms with Gasteiger partial charge < -0.3 is 10.1 Å². The minimum Gasteiger partial charge on any atom is -0.454 e. The first kappa shape index (κ1) is 15.3. The molecule has 0 atom stereocenters. The van der Waals surface area contributed by atoms with Gasteiger partial charge in [-0.3, -0.25) is 4.79 Å². The summed E-state index contributed by atoms with van der Waals surface area (Å²) in [4.78, 5) is 23.2. The van der Waals surface area contributed by atoms with Crippen molar-refractivity contribution in [3.05, 3.63) is 70.2 Å². The average Bonchev–Trinajstić information content (AvgIpc) is 2.52. The van der Waals surface area contributed by atoms with Gasteiger partial charge in [0.1, 0.15) is 6.61 Å². The van der Waals surface area contributed by atoms with Crippen molar-refractivity contribution in [2.24, 2.45) is 0 Å². The number of rotatable bonds is 4. The molecule has 5 heteroatoms. The molecule has 0 saturated carbocycles. The first-order valence-corrected chi connectivity index (χ1v) is 7.18. The summed E-state index contributed by atoms with van der Waals surface area (Å²) in [7, 11) is 0. The number of hydrogen-bond acceptors (Lipinski definition) is 3. The van der Waals surface area contributed by atoms with Crippen LogP contribution in [0.5, 0.6) is 0 Å². The van der Waals surface area contributed by atoms with E-state index in [1.165, 1.54) is 0 Å². The molecule has 0 heterocycles. The van der Waals surface area contributed by atoms with Crippen LogP contribution in [-0.2, 0) is 27.5 Å². The zero-order chi connectivity index (χ0) is 15.1. The summed E-state index contributed by atoms with van der Waals surface area (Å²) in [6, 6.07) is 16.7. The molecular weight excluding hydrogens is 334 g/mol. The van der Waals surface area contributed by atoms with E-state index in [-0.39, 0.29) is 13.2 Å². The third kappa shape index (κ3) is 5.04. The summed E-state index contributed by atoms with van der Waals surface area (Å²) in [6.45, 7) is 0.373. The normalized spacial score (nSPS) is 9.95. The molecular formula is C16H14BrNO3. The Morgan fingerprint density at radius 3 is 2.29 bits per heavy atom. The highest BCUT2D eigenvalue weighted by atomic mass is 79.9. The second-order valence-electron chi connectivity index (χ2n) is 4.37. The fraction of sp³-hybridized carbons (Fsp3) is 0.125. The molecule has 0 aliphatic heterocycles. The second kappa shape index (κ2) is 7.59.